The number of rotatable bonds is 5. The van der Waals surface area contributed by atoms with Crippen LogP contribution in [0.3, 0.4) is 0 Å². The molecule has 0 saturated carbocycles. The van der Waals surface area contributed by atoms with E-state index in [-0.39, 0.29) is 29.5 Å². The van der Waals surface area contributed by atoms with Gasteiger partial charge in [0, 0.05) is 31.1 Å². The van der Waals surface area contributed by atoms with Gasteiger partial charge in [-0.05, 0) is 72.8 Å². The van der Waals surface area contributed by atoms with Crippen LogP contribution in [0.15, 0.2) is 77.7 Å². The van der Waals surface area contributed by atoms with Gasteiger partial charge in [-0.25, -0.2) is 12.8 Å². The van der Waals surface area contributed by atoms with Crippen LogP contribution in [0, 0.1) is 12.7 Å². The molecule has 0 bridgehead atoms. The highest BCUT2D eigenvalue weighted by Gasteiger charge is 2.50. The van der Waals surface area contributed by atoms with E-state index in [1.807, 2.05) is 12.1 Å². The van der Waals surface area contributed by atoms with E-state index in [1.54, 1.807) is 4.31 Å². The molecule has 5 nitrogen and oxygen atoms in total. The highest BCUT2D eigenvalue weighted by Crippen LogP contribution is 2.43. The van der Waals surface area contributed by atoms with E-state index in [1.165, 1.54) is 35.4 Å². The maximum absolute atomic E-state index is 13.4. The highest BCUT2D eigenvalue weighted by atomic mass is 32.2. The number of hydrogen-bond acceptors (Lipinski definition) is 4. The first-order chi connectivity index (χ1) is 16.9. The maximum Gasteiger partial charge on any atom is 0.243 e. The number of aliphatic hydroxyl groups is 1. The van der Waals surface area contributed by atoms with Crippen LogP contribution in [0.5, 0.6) is 0 Å². The zero-order valence-corrected chi connectivity index (χ0v) is 20.7. The molecule has 0 spiro atoms. The number of sulfonamides is 1. The van der Waals surface area contributed by atoms with Crippen LogP contribution in [-0.2, 0) is 10.0 Å². The van der Waals surface area contributed by atoms with Gasteiger partial charge >= 0.3 is 0 Å². The Morgan fingerprint density at radius 1 is 0.943 bits per heavy atom. The molecular formula is C28H31FN2O3S. The molecule has 184 valence electrons. The zero-order chi connectivity index (χ0) is 24.6. The van der Waals surface area contributed by atoms with Crippen LogP contribution < -0.4 is 0 Å². The molecule has 0 aromatic heterocycles. The van der Waals surface area contributed by atoms with Gasteiger partial charge < -0.3 is 5.11 Å². The molecule has 7 heteroatoms. The molecule has 3 aromatic rings. The van der Waals surface area contributed by atoms with Crippen molar-refractivity contribution in [3.05, 3.63) is 89.7 Å². The Labute approximate surface area is 206 Å². The Kier molecular flexibility index (Phi) is 6.77. The summed E-state index contributed by atoms with van der Waals surface area (Å²) in [5, 5.41) is 10.2. The lowest BCUT2D eigenvalue weighted by Crippen LogP contribution is -2.67. The molecule has 3 atom stereocenters. The van der Waals surface area contributed by atoms with Gasteiger partial charge in [0.2, 0.25) is 10.0 Å². The normalized spacial score (nSPS) is 23.7. The Morgan fingerprint density at radius 2 is 1.63 bits per heavy atom. The molecule has 2 aliphatic heterocycles. The number of fused-ring (bicyclic) bond motifs is 1. The summed E-state index contributed by atoms with van der Waals surface area (Å²) in [7, 11) is -3.74. The number of nitrogens with zero attached hydrogens (tertiary/aromatic N) is 2. The molecule has 0 aliphatic carbocycles. The Morgan fingerprint density at radius 3 is 2.31 bits per heavy atom. The van der Waals surface area contributed by atoms with Crippen molar-refractivity contribution in [2.45, 2.75) is 42.7 Å². The van der Waals surface area contributed by atoms with E-state index in [0.717, 1.165) is 30.5 Å². The van der Waals surface area contributed by atoms with E-state index >= 15 is 0 Å². The van der Waals surface area contributed by atoms with Crippen LogP contribution in [0.1, 0.15) is 29.9 Å². The Bertz CT molecular complexity index is 1280. The van der Waals surface area contributed by atoms with Gasteiger partial charge in [-0.3, -0.25) is 4.90 Å². The molecule has 2 heterocycles. The summed E-state index contributed by atoms with van der Waals surface area (Å²) in [5.74, 6) is -0.420. The summed E-state index contributed by atoms with van der Waals surface area (Å²) in [6, 6.07) is 21.7. The molecule has 2 aliphatic rings. The van der Waals surface area contributed by atoms with E-state index in [4.69, 9.17) is 0 Å². The predicted octanol–water partition coefficient (Wildman–Crippen LogP) is 4.41. The van der Waals surface area contributed by atoms with Gasteiger partial charge in [0.15, 0.2) is 0 Å². The summed E-state index contributed by atoms with van der Waals surface area (Å²) in [6.07, 6.45) is 1.61. The van der Waals surface area contributed by atoms with Gasteiger partial charge in [0.05, 0.1) is 11.5 Å². The van der Waals surface area contributed by atoms with Gasteiger partial charge in [0.25, 0.3) is 0 Å². The number of halogens is 1. The minimum Gasteiger partial charge on any atom is -0.395 e. The smallest absolute Gasteiger partial charge is 0.243 e. The second kappa shape index (κ2) is 9.82. The van der Waals surface area contributed by atoms with Crippen LogP contribution in [-0.4, -0.2) is 61.1 Å². The maximum atomic E-state index is 13.4. The minimum absolute atomic E-state index is 0.0213. The van der Waals surface area contributed by atoms with Crippen molar-refractivity contribution in [2.75, 3.05) is 26.2 Å². The third-order valence-electron chi connectivity index (χ3n) is 7.54. The molecule has 3 aromatic carbocycles. The topological polar surface area (TPSA) is 60.9 Å². The molecule has 0 unspecified atom stereocenters. The van der Waals surface area contributed by atoms with Gasteiger partial charge in [-0.15, -0.1) is 0 Å². The SMILES string of the molecule is Cc1ccccc1-c1ccc([C@H]2[C@H]3CN(S(=O)(=O)c4ccc(F)cc4)CCCCN3[C@H]2CO)cc1. The van der Waals surface area contributed by atoms with Crippen molar-refractivity contribution in [1.29, 1.82) is 0 Å². The van der Waals surface area contributed by atoms with Crippen molar-refractivity contribution in [3.8, 4) is 11.1 Å². The van der Waals surface area contributed by atoms with E-state index in [0.29, 0.717) is 13.1 Å². The van der Waals surface area contributed by atoms with Crippen molar-refractivity contribution in [2.24, 2.45) is 0 Å². The lowest BCUT2D eigenvalue weighted by Gasteiger charge is -2.57. The second-order valence-electron chi connectivity index (χ2n) is 9.54. The van der Waals surface area contributed by atoms with Crippen molar-refractivity contribution in [3.63, 3.8) is 0 Å². The fourth-order valence-corrected chi connectivity index (χ4v) is 7.16. The number of benzene rings is 3. The average molecular weight is 495 g/mol. The van der Waals surface area contributed by atoms with Crippen molar-refractivity contribution >= 4 is 10.0 Å². The molecule has 0 amide bonds. The first-order valence-corrected chi connectivity index (χ1v) is 13.6. The number of hydrogen-bond donors (Lipinski definition) is 1. The molecule has 5 rings (SSSR count). The van der Waals surface area contributed by atoms with E-state index in [9.17, 15) is 17.9 Å². The molecule has 0 radical (unpaired) electrons. The zero-order valence-electron chi connectivity index (χ0n) is 19.8. The van der Waals surface area contributed by atoms with Gasteiger partial charge in [-0.2, -0.15) is 4.31 Å². The first kappa shape index (κ1) is 24.1. The molecule has 2 fully saturated rings. The van der Waals surface area contributed by atoms with Crippen LogP contribution in [0.4, 0.5) is 4.39 Å². The van der Waals surface area contributed by atoms with E-state index in [2.05, 4.69) is 48.2 Å². The van der Waals surface area contributed by atoms with Gasteiger partial charge in [0.1, 0.15) is 5.82 Å². The largest absolute Gasteiger partial charge is 0.395 e. The Balaban J connectivity index is 1.43. The summed E-state index contributed by atoms with van der Waals surface area (Å²) >= 11 is 0. The van der Waals surface area contributed by atoms with Crippen molar-refractivity contribution < 1.29 is 17.9 Å². The number of aliphatic hydroxyl groups excluding tert-OH is 1. The van der Waals surface area contributed by atoms with Crippen LogP contribution in [0.25, 0.3) is 11.1 Å². The molecule has 1 N–H and O–H groups in total. The standard InChI is InChI=1S/C28H31FN2O3S/c1-20-6-2-3-7-25(20)21-8-10-22(11-9-21)28-26-18-30(16-4-5-17-31(26)27(28)19-32)35(33,34)24-14-12-23(29)13-15-24/h2-3,6-15,26-28,32H,4-5,16-19H2,1H3/t26-,27+,28+/m1/s1. The summed E-state index contributed by atoms with van der Waals surface area (Å²) in [6.45, 7) is 3.76. The predicted molar refractivity (Wildman–Crippen MR) is 135 cm³/mol. The first-order valence-electron chi connectivity index (χ1n) is 12.2. The average Bonchev–Trinajstić information content (AvgIpc) is 2.84. The quantitative estimate of drug-likeness (QED) is 0.571. The fraction of sp³-hybridized carbons (Fsp3) is 0.357. The molecule has 2 saturated heterocycles. The summed E-state index contributed by atoms with van der Waals surface area (Å²) in [5.41, 5.74) is 4.66. The van der Waals surface area contributed by atoms with Crippen molar-refractivity contribution in [1.82, 2.24) is 9.21 Å². The van der Waals surface area contributed by atoms with Crippen LogP contribution in [0.2, 0.25) is 0 Å². The van der Waals surface area contributed by atoms with E-state index < -0.39 is 15.8 Å². The third-order valence-corrected chi connectivity index (χ3v) is 9.42. The summed E-state index contributed by atoms with van der Waals surface area (Å²) in [4.78, 5) is 2.37. The lowest BCUT2D eigenvalue weighted by molar-refractivity contribution is -0.0553. The molecule has 35 heavy (non-hydrogen) atoms. The lowest BCUT2D eigenvalue weighted by atomic mass is 9.74. The summed E-state index contributed by atoms with van der Waals surface area (Å²) < 4.78 is 41.7. The third kappa shape index (κ3) is 4.54. The molecular weight excluding hydrogens is 463 g/mol. The Hall–Kier alpha value is -2.58. The monoisotopic (exact) mass is 494 g/mol. The fourth-order valence-electron chi connectivity index (χ4n) is 5.66. The minimum atomic E-state index is -3.74. The highest BCUT2D eigenvalue weighted by molar-refractivity contribution is 7.89. The second-order valence-corrected chi connectivity index (χ2v) is 11.5. The van der Waals surface area contributed by atoms with Crippen LogP contribution >= 0.6 is 0 Å². The number of aryl methyl sites for hydroxylation is 1. The van der Waals surface area contributed by atoms with Gasteiger partial charge in [-0.1, -0.05) is 48.5 Å².